The number of nitrogens with one attached hydrogen (secondary N) is 1. The zero-order valence-corrected chi connectivity index (χ0v) is 13.5. The number of benzene rings is 3. The van der Waals surface area contributed by atoms with E-state index in [-0.39, 0.29) is 5.91 Å². The average molecular weight is 319 g/mol. The average Bonchev–Trinajstić information content (AvgIpc) is 2.63. The van der Waals surface area contributed by atoms with Crippen LogP contribution in [0.5, 0.6) is 0 Å². The Labute approximate surface area is 142 Å². The smallest absolute Gasteiger partial charge is 0.224 e. The van der Waals surface area contributed by atoms with E-state index in [9.17, 15) is 9.90 Å². The molecule has 0 bridgehead atoms. The first-order valence-electron chi connectivity index (χ1n) is 8.20. The normalized spacial score (nSPS) is 12.0. The molecule has 0 fully saturated rings. The van der Waals surface area contributed by atoms with Crippen LogP contribution in [-0.2, 0) is 11.2 Å². The SMILES string of the molecule is O=C(Cc1cccc2ccccc12)NCCC(O)c1ccccc1. The van der Waals surface area contributed by atoms with Gasteiger partial charge in [-0.05, 0) is 28.3 Å². The summed E-state index contributed by atoms with van der Waals surface area (Å²) in [6.07, 6.45) is 0.303. The highest BCUT2D eigenvalue weighted by Crippen LogP contribution is 2.19. The third kappa shape index (κ3) is 4.00. The molecule has 3 aromatic rings. The Hall–Kier alpha value is -2.65. The number of fused-ring (bicyclic) bond motifs is 1. The molecule has 3 rings (SSSR count). The molecule has 1 amide bonds. The van der Waals surface area contributed by atoms with Gasteiger partial charge in [-0.1, -0.05) is 72.8 Å². The van der Waals surface area contributed by atoms with Gasteiger partial charge in [0.05, 0.1) is 12.5 Å². The van der Waals surface area contributed by atoms with Crippen molar-refractivity contribution in [2.45, 2.75) is 18.9 Å². The molecule has 3 aromatic carbocycles. The molecule has 3 heteroatoms. The zero-order valence-electron chi connectivity index (χ0n) is 13.5. The molecule has 122 valence electrons. The standard InChI is InChI=1S/C21H21NO2/c23-20(17-8-2-1-3-9-17)13-14-22-21(24)15-18-11-6-10-16-7-4-5-12-19(16)18/h1-12,20,23H,13-15H2,(H,22,24). The first-order chi connectivity index (χ1) is 11.7. The van der Waals surface area contributed by atoms with Crippen molar-refractivity contribution in [3.05, 3.63) is 83.9 Å². The van der Waals surface area contributed by atoms with Crippen LogP contribution in [0.3, 0.4) is 0 Å². The summed E-state index contributed by atoms with van der Waals surface area (Å²) in [6, 6.07) is 23.6. The number of hydrogen-bond acceptors (Lipinski definition) is 2. The molecule has 0 aliphatic carbocycles. The van der Waals surface area contributed by atoms with Crippen LogP contribution in [-0.4, -0.2) is 17.6 Å². The summed E-state index contributed by atoms with van der Waals surface area (Å²) < 4.78 is 0. The molecule has 0 aromatic heterocycles. The first-order valence-corrected chi connectivity index (χ1v) is 8.20. The largest absolute Gasteiger partial charge is 0.388 e. The maximum Gasteiger partial charge on any atom is 0.224 e. The maximum absolute atomic E-state index is 12.2. The lowest BCUT2D eigenvalue weighted by Gasteiger charge is -2.12. The molecule has 2 N–H and O–H groups in total. The molecular formula is C21H21NO2. The minimum absolute atomic E-state index is 0.0217. The summed E-state index contributed by atoms with van der Waals surface area (Å²) in [6.45, 7) is 0.458. The Morgan fingerprint density at radius 1 is 0.917 bits per heavy atom. The summed E-state index contributed by atoms with van der Waals surface area (Å²) >= 11 is 0. The quantitative estimate of drug-likeness (QED) is 0.729. The highest BCUT2D eigenvalue weighted by molar-refractivity contribution is 5.90. The minimum Gasteiger partial charge on any atom is -0.388 e. The summed E-state index contributed by atoms with van der Waals surface area (Å²) in [7, 11) is 0. The van der Waals surface area contributed by atoms with Gasteiger partial charge < -0.3 is 10.4 Å². The van der Waals surface area contributed by atoms with Crippen LogP contribution in [0.2, 0.25) is 0 Å². The molecule has 0 aliphatic rings. The van der Waals surface area contributed by atoms with Gasteiger partial charge in [0.1, 0.15) is 0 Å². The van der Waals surface area contributed by atoms with E-state index in [2.05, 4.69) is 5.32 Å². The van der Waals surface area contributed by atoms with E-state index in [1.165, 1.54) is 0 Å². The predicted octanol–water partition coefficient (Wildman–Crippen LogP) is 3.62. The van der Waals surface area contributed by atoms with Crippen LogP contribution in [0.1, 0.15) is 23.7 Å². The number of rotatable bonds is 6. The third-order valence-corrected chi connectivity index (χ3v) is 4.16. The number of amides is 1. The molecular weight excluding hydrogens is 298 g/mol. The van der Waals surface area contributed by atoms with Crippen molar-refractivity contribution in [1.82, 2.24) is 5.32 Å². The number of aliphatic hydroxyl groups is 1. The van der Waals surface area contributed by atoms with Gasteiger partial charge in [-0.15, -0.1) is 0 Å². The van der Waals surface area contributed by atoms with Crippen LogP contribution < -0.4 is 5.32 Å². The Kier molecular flexibility index (Phi) is 5.24. The van der Waals surface area contributed by atoms with Crippen molar-refractivity contribution >= 4 is 16.7 Å². The number of carbonyl (C=O) groups is 1. The third-order valence-electron chi connectivity index (χ3n) is 4.16. The topological polar surface area (TPSA) is 49.3 Å². The summed E-state index contributed by atoms with van der Waals surface area (Å²) in [5.41, 5.74) is 1.90. The van der Waals surface area contributed by atoms with Gasteiger partial charge in [0.2, 0.25) is 5.91 Å². The fraction of sp³-hybridized carbons (Fsp3) is 0.190. The fourth-order valence-electron chi connectivity index (χ4n) is 2.87. The first kappa shape index (κ1) is 16.2. The molecule has 0 aliphatic heterocycles. The monoisotopic (exact) mass is 319 g/mol. The number of carbonyl (C=O) groups excluding carboxylic acids is 1. The lowest BCUT2D eigenvalue weighted by Crippen LogP contribution is -2.27. The Bertz CT molecular complexity index is 809. The second kappa shape index (κ2) is 7.75. The molecule has 1 unspecified atom stereocenters. The lowest BCUT2D eigenvalue weighted by atomic mass is 10.0. The fourth-order valence-corrected chi connectivity index (χ4v) is 2.87. The van der Waals surface area contributed by atoms with Crippen molar-refractivity contribution in [3.8, 4) is 0 Å². The van der Waals surface area contributed by atoms with Crippen LogP contribution in [0.25, 0.3) is 10.8 Å². The molecule has 1 atom stereocenters. The van der Waals surface area contributed by atoms with Crippen molar-refractivity contribution in [3.63, 3.8) is 0 Å². The van der Waals surface area contributed by atoms with Gasteiger partial charge in [0.25, 0.3) is 0 Å². The molecule has 0 saturated heterocycles. The molecule has 24 heavy (non-hydrogen) atoms. The lowest BCUT2D eigenvalue weighted by molar-refractivity contribution is -0.120. The van der Waals surface area contributed by atoms with Gasteiger partial charge >= 0.3 is 0 Å². The van der Waals surface area contributed by atoms with E-state index in [1.54, 1.807) is 0 Å². The van der Waals surface area contributed by atoms with Crippen LogP contribution in [0, 0.1) is 0 Å². The number of hydrogen-bond donors (Lipinski definition) is 2. The van der Waals surface area contributed by atoms with E-state index >= 15 is 0 Å². The molecule has 0 spiro atoms. The Morgan fingerprint density at radius 2 is 1.62 bits per heavy atom. The second-order valence-electron chi connectivity index (χ2n) is 5.88. The zero-order chi connectivity index (χ0) is 16.8. The van der Waals surface area contributed by atoms with E-state index < -0.39 is 6.10 Å². The summed E-state index contributed by atoms with van der Waals surface area (Å²) in [5, 5.41) is 15.3. The van der Waals surface area contributed by atoms with Gasteiger partial charge in [-0.3, -0.25) is 4.79 Å². The van der Waals surface area contributed by atoms with Crippen LogP contribution in [0.4, 0.5) is 0 Å². The van der Waals surface area contributed by atoms with Gasteiger partial charge in [-0.2, -0.15) is 0 Å². The van der Waals surface area contributed by atoms with E-state index in [0.29, 0.717) is 19.4 Å². The van der Waals surface area contributed by atoms with Crippen molar-refractivity contribution in [2.75, 3.05) is 6.54 Å². The van der Waals surface area contributed by atoms with Crippen molar-refractivity contribution in [2.24, 2.45) is 0 Å². The van der Waals surface area contributed by atoms with Crippen molar-refractivity contribution < 1.29 is 9.90 Å². The Morgan fingerprint density at radius 3 is 2.46 bits per heavy atom. The van der Waals surface area contributed by atoms with Crippen molar-refractivity contribution in [1.29, 1.82) is 0 Å². The van der Waals surface area contributed by atoms with Gasteiger partial charge in [-0.25, -0.2) is 0 Å². The van der Waals surface area contributed by atoms with Gasteiger partial charge in [0.15, 0.2) is 0 Å². The van der Waals surface area contributed by atoms with Crippen LogP contribution >= 0.6 is 0 Å². The second-order valence-corrected chi connectivity index (χ2v) is 5.88. The molecule has 0 radical (unpaired) electrons. The summed E-state index contributed by atoms with van der Waals surface area (Å²) in [5.74, 6) is -0.0217. The molecule has 0 heterocycles. The van der Waals surface area contributed by atoms with E-state index in [0.717, 1.165) is 21.9 Å². The molecule has 0 saturated carbocycles. The van der Waals surface area contributed by atoms with Crippen LogP contribution in [0.15, 0.2) is 72.8 Å². The number of aliphatic hydroxyl groups excluding tert-OH is 1. The highest BCUT2D eigenvalue weighted by Gasteiger charge is 2.09. The van der Waals surface area contributed by atoms with Gasteiger partial charge in [0, 0.05) is 6.54 Å². The molecule has 3 nitrogen and oxygen atoms in total. The minimum atomic E-state index is -0.552. The predicted molar refractivity (Wildman–Crippen MR) is 96.7 cm³/mol. The Balaban J connectivity index is 1.54. The van der Waals surface area contributed by atoms with E-state index in [1.807, 2.05) is 72.8 Å². The summed E-state index contributed by atoms with van der Waals surface area (Å²) in [4.78, 5) is 12.2. The maximum atomic E-state index is 12.2. The highest BCUT2D eigenvalue weighted by atomic mass is 16.3. The van der Waals surface area contributed by atoms with E-state index in [4.69, 9.17) is 0 Å².